The van der Waals surface area contributed by atoms with Gasteiger partial charge in [0.2, 0.25) is 0 Å². The Hall–Kier alpha value is -0.120. The van der Waals surface area contributed by atoms with E-state index in [1.54, 1.807) is 0 Å². The van der Waals surface area contributed by atoms with Crippen molar-refractivity contribution in [2.45, 2.75) is 63.8 Å². The molecule has 0 amide bonds. The van der Waals surface area contributed by atoms with Gasteiger partial charge in [-0.05, 0) is 42.9 Å². The van der Waals surface area contributed by atoms with E-state index in [1.165, 1.54) is 25.7 Å². The van der Waals surface area contributed by atoms with Gasteiger partial charge in [-0.1, -0.05) is 19.8 Å². The number of hydrogen-bond acceptors (Lipinski definition) is 3. The van der Waals surface area contributed by atoms with Crippen molar-refractivity contribution in [1.82, 2.24) is 0 Å². The van der Waals surface area contributed by atoms with Crippen molar-refractivity contribution in [3.8, 4) is 0 Å². The summed E-state index contributed by atoms with van der Waals surface area (Å²) in [6.45, 7) is 2.96. The van der Waals surface area contributed by atoms with Crippen molar-refractivity contribution in [3.05, 3.63) is 0 Å². The molecule has 0 spiro atoms. The van der Waals surface area contributed by atoms with Crippen LogP contribution in [-0.4, -0.2) is 35.1 Å². The van der Waals surface area contributed by atoms with E-state index in [0.29, 0.717) is 18.4 Å². The zero-order valence-corrected chi connectivity index (χ0v) is 10.6. The average Bonchev–Trinajstić information content (AvgIpc) is 3.01. The summed E-state index contributed by atoms with van der Waals surface area (Å²) in [4.78, 5) is 0. The third-order valence-corrected chi connectivity index (χ3v) is 5.40. The van der Waals surface area contributed by atoms with Crippen LogP contribution < -0.4 is 0 Å². The summed E-state index contributed by atoms with van der Waals surface area (Å²) in [5.74, 6) is 1.69. The van der Waals surface area contributed by atoms with Crippen molar-refractivity contribution < 1.29 is 14.9 Å². The van der Waals surface area contributed by atoms with E-state index < -0.39 is 12.2 Å². The van der Waals surface area contributed by atoms with E-state index in [2.05, 4.69) is 6.92 Å². The monoisotopic (exact) mass is 240 g/mol. The van der Waals surface area contributed by atoms with Gasteiger partial charge in [-0.3, -0.25) is 0 Å². The van der Waals surface area contributed by atoms with Crippen LogP contribution >= 0.6 is 0 Å². The zero-order chi connectivity index (χ0) is 12.0. The van der Waals surface area contributed by atoms with Crippen LogP contribution in [-0.2, 0) is 4.74 Å². The largest absolute Gasteiger partial charge is 0.390 e. The third-order valence-electron chi connectivity index (χ3n) is 5.40. The van der Waals surface area contributed by atoms with Crippen LogP contribution in [0.3, 0.4) is 0 Å². The molecule has 3 fully saturated rings. The highest BCUT2D eigenvalue weighted by atomic mass is 16.5. The Balaban J connectivity index is 1.63. The van der Waals surface area contributed by atoms with Gasteiger partial charge in [-0.15, -0.1) is 0 Å². The average molecular weight is 240 g/mol. The topological polar surface area (TPSA) is 49.7 Å². The van der Waals surface area contributed by atoms with E-state index in [9.17, 15) is 10.2 Å². The Morgan fingerprint density at radius 2 is 2.12 bits per heavy atom. The Labute approximate surface area is 103 Å². The van der Waals surface area contributed by atoms with Gasteiger partial charge < -0.3 is 14.9 Å². The van der Waals surface area contributed by atoms with E-state index in [4.69, 9.17) is 4.74 Å². The summed E-state index contributed by atoms with van der Waals surface area (Å²) in [5, 5.41) is 19.7. The van der Waals surface area contributed by atoms with Gasteiger partial charge in [0.1, 0.15) is 6.10 Å². The lowest BCUT2D eigenvalue weighted by Crippen LogP contribution is -2.45. The normalized spacial score (nSPS) is 54.2. The standard InChI is InChI=1S/C14H24O3/c1-9-3-2-5-14(7-10(9)14)8-12-13(16)11(15)4-6-17-12/h9-13,15-16H,2-8H2,1H3/t9?,10?,11-,12-,13-,14?/m1/s1. The first-order valence-corrected chi connectivity index (χ1v) is 7.10. The Morgan fingerprint density at radius 1 is 1.29 bits per heavy atom. The predicted molar refractivity (Wildman–Crippen MR) is 64.5 cm³/mol. The van der Waals surface area contributed by atoms with Crippen LogP contribution in [0.2, 0.25) is 0 Å². The van der Waals surface area contributed by atoms with Crippen LogP contribution in [0.15, 0.2) is 0 Å². The summed E-state index contributed by atoms with van der Waals surface area (Å²) < 4.78 is 5.68. The van der Waals surface area contributed by atoms with Crippen molar-refractivity contribution in [1.29, 1.82) is 0 Å². The van der Waals surface area contributed by atoms with Crippen molar-refractivity contribution in [2.24, 2.45) is 17.3 Å². The van der Waals surface area contributed by atoms with Crippen LogP contribution in [0.5, 0.6) is 0 Å². The first-order chi connectivity index (χ1) is 8.12. The number of aliphatic hydroxyl groups is 2. The number of fused-ring (bicyclic) bond motifs is 1. The van der Waals surface area contributed by atoms with E-state index in [0.717, 1.165) is 18.3 Å². The molecule has 1 aliphatic heterocycles. The maximum absolute atomic E-state index is 9.99. The van der Waals surface area contributed by atoms with Crippen molar-refractivity contribution in [2.75, 3.05) is 6.61 Å². The molecule has 3 aliphatic rings. The number of aliphatic hydroxyl groups excluding tert-OH is 2. The minimum atomic E-state index is -0.670. The summed E-state index contributed by atoms with van der Waals surface area (Å²) >= 11 is 0. The molecule has 0 aromatic heterocycles. The second kappa shape index (κ2) is 4.22. The molecule has 6 atom stereocenters. The van der Waals surface area contributed by atoms with E-state index in [-0.39, 0.29) is 6.10 Å². The second-order valence-corrected chi connectivity index (χ2v) is 6.50. The number of ether oxygens (including phenoxy) is 1. The highest BCUT2D eigenvalue weighted by Crippen LogP contribution is 2.66. The fourth-order valence-corrected chi connectivity index (χ4v) is 4.22. The molecule has 17 heavy (non-hydrogen) atoms. The Bertz CT molecular complexity index is 293. The number of rotatable bonds is 2. The lowest BCUT2D eigenvalue weighted by molar-refractivity contribution is -0.143. The third kappa shape index (κ3) is 2.02. The fourth-order valence-electron chi connectivity index (χ4n) is 4.22. The molecule has 0 aromatic carbocycles. The van der Waals surface area contributed by atoms with Gasteiger partial charge >= 0.3 is 0 Å². The zero-order valence-electron chi connectivity index (χ0n) is 10.6. The maximum Gasteiger partial charge on any atom is 0.106 e. The van der Waals surface area contributed by atoms with Crippen LogP contribution in [0.1, 0.15) is 45.4 Å². The Morgan fingerprint density at radius 3 is 2.94 bits per heavy atom. The highest BCUT2D eigenvalue weighted by Gasteiger charge is 2.58. The molecule has 0 aromatic rings. The molecule has 1 heterocycles. The quantitative estimate of drug-likeness (QED) is 0.772. The molecule has 3 heteroatoms. The fraction of sp³-hybridized carbons (Fsp3) is 1.00. The van der Waals surface area contributed by atoms with Gasteiger partial charge in [-0.2, -0.15) is 0 Å². The molecule has 3 rings (SSSR count). The van der Waals surface area contributed by atoms with E-state index in [1.807, 2.05) is 0 Å². The summed E-state index contributed by atoms with van der Waals surface area (Å²) in [6.07, 6.45) is 5.45. The minimum absolute atomic E-state index is 0.131. The van der Waals surface area contributed by atoms with Crippen LogP contribution in [0.4, 0.5) is 0 Å². The van der Waals surface area contributed by atoms with Crippen LogP contribution in [0, 0.1) is 17.3 Å². The molecule has 2 aliphatic carbocycles. The van der Waals surface area contributed by atoms with Crippen molar-refractivity contribution >= 4 is 0 Å². The lowest BCUT2D eigenvalue weighted by atomic mass is 9.78. The summed E-state index contributed by atoms with van der Waals surface area (Å²) in [5.41, 5.74) is 0.445. The summed E-state index contributed by atoms with van der Waals surface area (Å²) in [6, 6.07) is 0. The van der Waals surface area contributed by atoms with Gasteiger partial charge in [0.15, 0.2) is 0 Å². The summed E-state index contributed by atoms with van der Waals surface area (Å²) in [7, 11) is 0. The molecular weight excluding hydrogens is 216 g/mol. The van der Waals surface area contributed by atoms with Gasteiger partial charge in [0.25, 0.3) is 0 Å². The molecule has 2 N–H and O–H groups in total. The predicted octanol–water partition coefficient (Wildman–Crippen LogP) is 1.71. The minimum Gasteiger partial charge on any atom is -0.390 e. The number of hydrogen-bond donors (Lipinski definition) is 2. The molecule has 0 radical (unpaired) electrons. The Kier molecular flexibility index (Phi) is 2.96. The molecule has 3 unspecified atom stereocenters. The van der Waals surface area contributed by atoms with Gasteiger partial charge in [-0.25, -0.2) is 0 Å². The molecule has 1 saturated heterocycles. The molecule has 3 nitrogen and oxygen atoms in total. The molecule has 98 valence electrons. The highest BCUT2D eigenvalue weighted by molar-refractivity contribution is 5.08. The first kappa shape index (κ1) is 11.9. The second-order valence-electron chi connectivity index (χ2n) is 6.50. The molecule has 0 bridgehead atoms. The molecular formula is C14H24O3. The molecule has 2 saturated carbocycles. The van der Waals surface area contributed by atoms with Gasteiger partial charge in [0.05, 0.1) is 12.2 Å². The van der Waals surface area contributed by atoms with E-state index >= 15 is 0 Å². The van der Waals surface area contributed by atoms with Crippen molar-refractivity contribution in [3.63, 3.8) is 0 Å². The smallest absolute Gasteiger partial charge is 0.106 e. The first-order valence-electron chi connectivity index (χ1n) is 7.10. The van der Waals surface area contributed by atoms with Gasteiger partial charge in [0, 0.05) is 6.61 Å². The maximum atomic E-state index is 9.99. The SMILES string of the molecule is CC1CCCC2(C[C@H]3OCC[C@@H](O)[C@H]3O)CC12. The lowest BCUT2D eigenvalue weighted by Gasteiger charge is -2.36. The van der Waals surface area contributed by atoms with Crippen LogP contribution in [0.25, 0.3) is 0 Å².